The maximum atomic E-state index is 12.3. The standard InChI is InChI=1S/C18H17ClN2O5/c1-11(16(22)21-18(20)24)26-17(23)13-7-3-5-9-15(13)25-10-12-6-2-4-8-14(12)19/h2-9,11H,10H2,1H3,(H3,20,21,22,24). The van der Waals surface area contributed by atoms with Gasteiger partial charge in [-0.15, -0.1) is 0 Å². The van der Waals surface area contributed by atoms with Gasteiger partial charge in [-0.1, -0.05) is 41.9 Å². The van der Waals surface area contributed by atoms with Crippen LogP contribution in [0.5, 0.6) is 5.75 Å². The first-order valence-electron chi connectivity index (χ1n) is 7.65. The number of urea groups is 1. The molecule has 3 N–H and O–H groups in total. The number of hydrogen-bond donors (Lipinski definition) is 2. The molecule has 0 fully saturated rings. The van der Waals surface area contributed by atoms with E-state index >= 15 is 0 Å². The maximum Gasteiger partial charge on any atom is 0.342 e. The van der Waals surface area contributed by atoms with Gasteiger partial charge in [0.25, 0.3) is 5.91 Å². The Hall–Kier alpha value is -3.06. The number of carbonyl (C=O) groups excluding carboxylic acids is 3. The second-order valence-corrected chi connectivity index (χ2v) is 5.68. The van der Waals surface area contributed by atoms with Gasteiger partial charge in [-0.2, -0.15) is 0 Å². The predicted octanol–water partition coefficient (Wildman–Crippen LogP) is 2.66. The van der Waals surface area contributed by atoms with Crippen molar-refractivity contribution >= 4 is 29.5 Å². The van der Waals surface area contributed by atoms with Gasteiger partial charge in [0.1, 0.15) is 17.9 Å². The minimum absolute atomic E-state index is 0.137. The first-order chi connectivity index (χ1) is 12.4. The zero-order chi connectivity index (χ0) is 19.1. The highest BCUT2D eigenvalue weighted by molar-refractivity contribution is 6.31. The lowest BCUT2D eigenvalue weighted by Gasteiger charge is -2.15. The van der Waals surface area contributed by atoms with Crippen LogP contribution in [0.15, 0.2) is 48.5 Å². The van der Waals surface area contributed by atoms with Crippen LogP contribution < -0.4 is 15.8 Å². The number of benzene rings is 2. The number of halogens is 1. The highest BCUT2D eigenvalue weighted by Crippen LogP contribution is 2.23. The smallest absolute Gasteiger partial charge is 0.342 e. The molecule has 2 rings (SSSR count). The zero-order valence-electron chi connectivity index (χ0n) is 13.9. The average Bonchev–Trinajstić information content (AvgIpc) is 2.60. The van der Waals surface area contributed by atoms with Crippen molar-refractivity contribution < 1.29 is 23.9 Å². The van der Waals surface area contributed by atoms with Gasteiger partial charge < -0.3 is 15.2 Å². The molecule has 0 saturated heterocycles. The molecule has 0 radical (unpaired) electrons. The molecule has 2 aromatic carbocycles. The van der Waals surface area contributed by atoms with E-state index in [0.29, 0.717) is 5.02 Å². The fourth-order valence-electron chi connectivity index (χ4n) is 2.03. The summed E-state index contributed by atoms with van der Waals surface area (Å²) in [4.78, 5) is 34.6. The SMILES string of the molecule is CC(OC(=O)c1ccccc1OCc1ccccc1Cl)C(=O)NC(N)=O. The second-order valence-electron chi connectivity index (χ2n) is 5.28. The number of hydrogen-bond acceptors (Lipinski definition) is 5. The van der Waals surface area contributed by atoms with Crippen molar-refractivity contribution in [2.45, 2.75) is 19.6 Å². The Bertz CT molecular complexity index is 825. The van der Waals surface area contributed by atoms with E-state index in [0.717, 1.165) is 5.56 Å². The molecule has 1 atom stereocenters. The molecular formula is C18H17ClN2O5. The van der Waals surface area contributed by atoms with Crippen molar-refractivity contribution in [2.75, 3.05) is 0 Å². The van der Waals surface area contributed by atoms with Crippen LogP contribution in [0.2, 0.25) is 5.02 Å². The van der Waals surface area contributed by atoms with E-state index in [9.17, 15) is 14.4 Å². The van der Waals surface area contributed by atoms with Crippen molar-refractivity contribution in [3.63, 3.8) is 0 Å². The first-order valence-corrected chi connectivity index (χ1v) is 8.02. The third-order valence-corrected chi connectivity index (χ3v) is 3.72. The molecule has 3 amide bonds. The summed E-state index contributed by atoms with van der Waals surface area (Å²) in [7, 11) is 0. The van der Waals surface area contributed by atoms with Crippen LogP contribution in [0.4, 0.5) is 4.79 Å². The summed E-state index contributed by atoms with van der Waals surface area (Å²) < 4.78 is 10.7. The van der Waals surface area contributed by atoms with Gasteiger partial charge in [0.2, 0.25) is 0 Å². The van der Waals surface area contributed by atoms with Crippen molar-refractivity contribution in [1.82, 2.24) is 5.32 Å². The molecule has 0 aliphatic heterocycles. The number of carbonyl (C=O) groups is 3. The van der Waals surface area contributed by atoms with Crippen molar-refractivity contribution in [2.24, 2.45) is 5.73 Å². The van der Waals surface area contributed by atoms with E-state index in [4.69, 9.17) is 26.8 Å². The average molecular weight is 377 g/mol. The predicted molar refractivity (Wildman–Crippen MR) is 94.8 cm³/mol. The fourth-order valence-corrected chi connectivity index (χ4v) is 2.22. The lowest BCUT2D eigenvalue weighted by atomic mass is 10.2. The van der Waals surface area contributed by atoms with E-state index in [2.05, 4.69) is 0 Å². The highest BCUT2D eigenvalue weighted by atomic mass is 35.5. The summed E-state index contributed by atoms with van der Waals surface area (Å²) in [5.74, 6) is -1.31. The Balaban J connectivity index is 2.08. The molecule has 0 aliphatic rings. The van der Waals surface area contributed by atoms with Crippen LogP contribution in [-0.4, -0.2) is 24.0 Å². The van der Waals surface area contributed by atoms with E-state index in [1.165, 1.54) is 13.0 Å². The molecule has 1 unspecified atom stereocenters. The van der Waals surface area contributed by atoms with E-state index in [1.54, 1.807) is 36.4 Å². The first kappa shape index (κ1) is 19.3. The summed E-state index contributed by atoms with van der Waals surface area (Å²) in [5.41, 5.74) is 5.76. The van der Waals surface area contributed by atoms with Gasteiger partial charge in [-0.05, 0) is 25.1 Å². The van der Waals surface area contributed by atoms with Gasteiger partial charge in [0.15, 0.2) is 6.10 Å². The highest BCUT2D eigenvalue weighted by Gasteiger charge is 2.22. The number of primary amides is 1. The van der Waals surface area contributed by atoms with Crippen LogP contribution in [0.3, 0.4) is 0 Å². The van der Waals surface area contributed by atoms with Crippen molar-refractivity contribution in [3.8, 4) is 5.75 Å². The molecule has 0 heterocycles. The second kappa shape index (κ2) is 8.87. The number of para-hydroxylation sites is 1. The lowest BCUT2D eigenvalue weighted by molar-refractivity contribution is -0.127. The monoisotopic (exact) mass is 376 g/mol. The lowest BCUT2D eigenvalue weighted by Crippen LogP contribution is -2.42. The topological polar surface area (TPSA) is 108 Å². The van der Waals surface area contributed by atoms with Crippen molar-refractivity contribution in [3.05, 3.63) is 64.7 Å². The number of ether oxygens (including phenoxy) is 2. The summed E-state index contributed by atoms with van der Waals surface area (Å²) in [6.45, 7) is 1.48. The number of rotatable bonds is 6. The molecule has 0 saturated carbocycles. The molecule has 0 spiro atoms. The number of esters is 1. The Morgan fingerprint density at radius 3 is 2.46 bits per heavy atom. The summed E-state index contributed by atoms with van der Waals surface area (Å²) in [5, 5.41) is 2.39. The normalized spacial score (nSPS) is 11.3. The maximum absolute atomic E-state index is 12.3. The number of nitrogens with one attached hydrogen (secondary N) is 1. The zero-order valence-corrected chi connectivity index (χ0v) is 14.7. The third kappa shape index (κ3) is 5.22. The summed E-state index contributed by atoms with van der Waals surface area (Å²) in [6, 6.07) is 12.6. The molecule has 0 aromatic heterocycles. The Kier molecular flexibility index (Phi) is 6.57. The molecule has 0 aliphatic carbocycles. The Morgan fingerprint density at radius 2 is 1.77 bits per heavy atom. The number of nitrogens with two attached hydrogens (primary N) is 1. The Labute approximate surface area is 155 Å². The van der Waals surface area contributed by atoms with Crippen molar-refractivity contribution in [1.29, 1.82) is 0 Å². The molecule has 2 aromatic rings. The van der Waals surface area contributed by atoms with Gasteiger partial charge in [-0.3, -0.25) is 10.1 Å². The minimum atomic E-state index is -1.20. The molecule has 7 nitrogen and oxygen atoms in total. The van der Waals surface area contributed by atoms with Gasteiger partial charge in [0, 0.05) is 10.6 Å². The number of imide groups is 1. The van der Waals surface area contributed by atoms with Crippen LogP contribution in [-0.2, 0) is 16.1 Å². The van der Waals surface area contributed by atoms with E-state index in [1.807, 2.05) is 11.4 Å². The van der Waals surface area contributed by atoms with Gasteiger partial charge in [0.05, 0.1) is 0 Å². The largest absolute Gasteiger partial charge is 0.488 e. The summed E-state index contributed by atoms with van der Waals surface area (Å²) >= 11 is 6.08. The molecule has 26 heavy (non-hydrogen) atoms. The quantitative estimate of drug-likeness (QED) is 0.753. The molecule has 8 heteroatoms. The number of amides is 3. The van der Waals surface area contributed by atoms with E-state index in [-0.39, 0.29) is 17.9 Å². The molecule has 0 bridgehead atoms. The van der Waals surface area contributed by atoms with Crippen LogP contribution in [0.25, 0.3) is 0 Å². The fraction of sp³-hybridized carbons (Fsp3) is 0.167. The molecule has 136 valence electrons. The minimum Gasteiger partial charge on any atom is -0.488 e. The van der Waals surface area contributed by atoms with Crippen LogP contribution in [0, 0.1) is 0 Å². The third-order valence-electron chi connectivity index (χ3n) is 3.35. The van der Waals surface area contributed by atoms with Gasteiger partial charge >= 0.3 is 12.0 Å². The van der Waals surface area contributed by atoms with Crippen LogP contribution >= 0.6 is 11.6 Å². The summed E-state index contributed by atoms with van der Waals surface area (Å²) in [6.07, 6.45) is -1.20. The van der Waals surface area contributed by atoms with Gasteiger partial charge in [-0.25, -0.2) is 9.59 Å². The molecular weight excluding hydrogens is 360 g/mol. The van der Waals surface area contributed by atoms with Crippen LogP contribution in [0.1, 0.15) is 22.8 Å². The van der Waals surface area contributed by atoms with E-state index < -0.39 is 24.0 Å². The Morgan fingerprint density at radius 1 is 1.12 bits per heavy atom.